The molecule has 2 N–H and O–H groups in total. The molecule has 2 atom stereocenters. The van der Waals surface area contributed by atoms with Crippen molar-refractivity contribution in [3.63, 3.8) is 0 Å². The number of carbonyl (C=O) groups excluding carboxylic acids is 2. The van der Waals surface area contributed by atoms with Gasteiger partial charge in [0.25, 0.3) is 21.8 Å². The molecule has 4 heterocycles. The van der Waals surface area contributed by atoms with Crippen molar-refractivity contribution in [2.75, 3.05) is 24.9 Å². The molecule has 1 unspecified atom stereocenters. The summed E-state index contributed by atoms with van der Waals surface area (Å²) >= 11 is 3.53. The van der Waals surface area contributed by atoms with Gasteiger partial charge in [0.05, 0.1) is 11.9 Å². The fraction of sp³-hybridized carbons (Fsp3) is 0.444. The number of hydrogen-bond acceptors (Lipinski definition) is 13. The van der Waals surface area contributed by atoms with E-state index in [1.807, 2.05) is 0 Å². The smallest absolute Gasteiger partial charge is 0.352 e. The molecule has 0 bridgehead atoms. The standard InChI is InChI=1S/C18H21N9O7S4/c1-25-9(7-37-18(25)22-38(4,32)33)10(21-34-3)13(28)19-11-14(29)27-12(16(30)31)8(5-35-15(11)27)6-36-17-20-23-24-26(17)2/h7,11,15H,5-6H2,1-4H3,(H,19,28)(H,30,31)/t11?,15-/m1/s1. The average Bonchev–Trinajstić information content (AvgIpc) is 3.42. The van der Waals surface area contributed by atoms with Crippen LogP contribution in [0.25, 0.3) is 0 Å². The molecule has 2 aromatic rings. The van der Waals surface area contributed by atoms with Crippen molar-refractivity contribution in [3.05, 3.63) is 27.1 Å². The van der Waals surface area contributed by atoms with E-state index in [0.29, 0.717) is 16.5 Å². The third-order valence-electron chi connectivity index (χ3n) is 5.30. The SMILES string of the molecule is CON=C(C(=O)NC1C(=O)N2C(C(=O)O)=C(CSc3nnnn3C)CS[C@H]12)c1csc(=NS(C)(=O)=O)n1C. The van der Waals surface area contributed by atoms with Crippen molar-refractivity contribution in [2.45, 2.75) is 16.6 Å². The van der Waals surface area contributed by atoms with Crippen molar-refractivity contribution in [3.8, 4) is 0 Å². The van der Waals surface area contributed by atoms with Crippen LogP contribution in [-0.2, 0) is 43.3 Å². The second kappa shape index (κ2) is 10.9. The zero-order valence-corrected chi connectivity index (χ0v) is 23.5. The number of tetrazole rings is 1. The molecule has 1 fully saturated rings. The monoisotopic (exact) mass is 603 g/mol. The summed E-state index contributed by atoms with van der Waals surface area (Å²) in [7, 11) is 0.702. The summed E-state index contributed by atoms with van der Waals surface area (Å²) in [6.07, 6.45) is 0.940. The largest absolute Gasteiger partial charge is 0.477 e. The molecule has 20 heteroatoms. The van der Waals surface area contributed by atoms with Gasteiger partial charge in [0.15, 0.2) is 5.71 Å². The number of aryl methyl sites for hydroxylation is 1. The van der Waals surface area contributed by atoms with Gasteiger partial charge in [-0.05, 0) is 16.0 Å². The van der Waals surface area contributed by atoms with E-state index >= 15 is 0 Å². The van der Waals surface area contributed by atoms with Crippen LogP contribution >= 0.6 is 34.9 Å². The maximum atomic E-state index is 13.1. The van der Waals surface area contributed by atoms with Crippen LogP contribution in [0.3, 0.4) is 0 Å². The summed E-state index contributed by atoms with van der Waals surface area (Å²) in [5.74, 6) is -2.03. The van der Waals surface area contributed by atoms with Crippen LogP contribution in [-0.4, -0.2) is 103 Å². The molecule has 4 rings (SSSR count). The van der Waals surface area contributed by atoms with E-state index < -0.39 is 39.2 Å². The van der Waals surface area contributed by atoms with Gasteiger partial charge >= 0.3 is 5.97 Å². The van der Waals surface area contributed by atoms with Crippen molar-refractivity contribution in [1.29, 1.82) is 0 Å². The summed E-state index contributed by atoms with van der Waals surface area (Å²) in [6, 6.07) is -1.01. The second-order valence-corrected chi connectivity index (χ2v) is 12.4. The number of thiazole rings is 1. The number of nitrogens with zero attached hydrogens (tertiary/aromatic N) is 8. The number of carboxylic acid groups (broad SMARTS) is 1. The molecule has 2 aliphatic rings. The lowest BCUT2D eigenvalue weighted by molar-refractivity contribution is -0.150. The fourth-order valence-corrected chi connectivity index (χ4v) is 7.67. The molecular weight excluding hydrogens is 583 g/mol. The molecule has 0 saturated carbocycles. The van der Waals surface area contributed by atoms with Crippen molar-refractivity contribution in [2.24, 2.45) is 23.6 Å². The predicted octanol–water partition coefficient (Wildman–Crippen LogP) is -1.65. The first kappa shape index (κ1) is 27.8. The fourth-order valence-electron chi connectivity index (χ4n) is 3.60. The van der Waals surface area contributed by atoms with E-state index in [-0.39, 0.29) is 27.7 Å². The normalized spacial score (nSPS) is 20.3. The van der Waals surface area contributed by atoms with E-state index in [9.17, 15) is 27.9 Å². The zero-order chi connectivity index (χ0) is 27.8. The molecule has 204 valence electrons. The number of amides is 2. The van der Waals surface area contributed by atoms with E-state index in [4.69, 9.17) is 4.84 Å². The van der Waals surface area contributed by atoms with Crippen LogP contribution < -0.4 is 10.1 Å². The highest BCUT2D eigenvalue weighted by Crippen LogP contribution is 2.41. The number of β-lactam (4-membered cyclic amide) rings is 1. The second-order valence-electron chi connectivity index (χ2n) is 7.90. The van der Waals surface area contributed by atoms with Crippen molar-refractivity contribution in [1.82, 2.24) is 35.0 Å². The summed E-state index contributed by atoms with van der Waals surface area (Å²) < 4.78 is 29.6. The number of aromatic nitrogens is 5. The number of carbonyl (C=O) groups is 3. The molecule has 0 aromatic carbocycles. The number of aliphatic carboxylic acids is 1. The van der Waals surface area contributed by atoms with Crippen LogP contribution in [0.1, 0.15) is 5.69 Å². The van der Waals surface area contributed by atoms with E-state index in [1.165, 1.54) is 52.3 Å². The minimum Gasteiger partial charge on any atom is -0.477 e. The van der Waals surface area contributed by atoms with E-state index in [0.717, 1.165) is 22.5 Å². The summed E-state index contributed by atoms with van der Waals surface area (Å²) in [4.78, 5) is 44.3. The third-order valence-corrected chi connectivity index (χ3v) is 9.28. The molecular formula is C18H21N9O7S4. The van der Waals surface area contributed by atoms with E-state index in [1.54, 1.807) is 7.05 Å². The minimum atomic E-state index is -3.69. The van der Waals surface area contributed by atoms with Gasteiger partial charge in [-0.25, -0.2) is 17.9 Å². The Morgan fingerprint density at radius 1 is 1.37 bits per heavy atom. The summed E-state index contributed by atoms with van der Waals surface area (Å²) in [5, 5.41) is 28.7. The van der Waals surface area contributed by atoms with Crippen LogP contribution in [0, 0.1) is 0 Å². The van der Waals surface area contributed by atoms with E-state index in [2.05, 4.69) is 30.4 Å². The molecule has 2 aromatic heterocycles. The lowest BCUT2D eigenvalue weighted by atomic mass is 10.0. The van der Waals surface area contributed by atoms with Gasteiger partial charge in [0.2, 0.25) is 9.96 Å². The number of fused-ring (bicyclic) bond motifs is 1. The minimum absolute atomic E-state index is 0.103. The maximum absolute atomic E-state index is 13.1. The van der Waals surface area contributed by atoms with Gasteiger partial charge in [-0.15, -0.1) is 32.6 Å². The van der Waals surface area contributed by atoms with Gasteiger partial charge in [-0.2, -0.15) is 0 Å². The quantitative estimate of drug-likeness (QED) is 0.143. The molecule has 2 aliphatic heterocycles. The molecule has 0 radical (unpaired) electrons. The van der Waals surface area contributed by atoms with Crippen molar-refractivity contribution < 1.29 is 32.7 Å². The van der Waals surface area contributed by atoms with Crippen LogP contribution in [0.4, 0.5) is 0 Å². The Labute approximate surface area is 227 Å². The Morgan fingerprint density at radius 3 is 2.71 bits per heavy atom. The zero-order valence-electron chi connectivity index (χ0n) is 20.3. The Morgan fingerprint density at radius 2 is 2.11 bits per heavy atom. The first-order valence-corrected chi connectivity index (χ1v) is 15.3. The lowest BCUT2D eigenvalue weighted by Gasteiger charge is -2.49. The first-order valence-electron chi connectivity index (χ1n) is 10.5. The number of nitrogens with one attached hydrogen (secondary N) is 1. The highest BCUT2D eigenvalue weighted by atomic mass is 32.2. The van der Waals surface area contributed by atoms with Gasteiger partial charge < -0.3 is 19.8 Å². The van der Waals surface area contributed by atoms with Crippen molar-refractivity contribution >= 4 is 68.4 Å². The number of rotatable bonds is 9. The Bertz CT molecular complexity index is 1540. The Balaban J connectivity index is 1.53. The Kier molecular flexibility index (Phi) is 7.95. The molecule has 0 aliphatic carbocycles. The van der Waals surface area contributed by atoms with Gasteiger partial charge in [-0.1, -0.05) is 16.9 Å². The van der Waals surface area contributed by atoms with Crippen LogP contribution in [0.2, 0.25) is 0 Å². The lowest BCUT2D eigenvalue weighted by Crippen LogP contribution is -2.71. The maximum Gasteiger partial charge on any atom is 0.352 e. The average molecular weight is 604 g/mol. The van der Waals surface area contributed by atoms with Crippen LogP contribution in [0.5, 0.6) is 0 Å². The van der Waals surface area contributed by atoms with Gasteiger partial charge in [-0.3, -0.25) is 14.5 Å². The molecule has 2 amide bonds. The molecule has 1 saturated heterocycles. The topological polar surface area (TPSA) is 203 Å². The number of thioether (sulfide) groups is 2. The summed E-state index contributed by atoms with van der Waals surface area (Å²) in [6.45, 7) is 0. The number of sulfonamides is 1. The third kappa shape index (κ3) is 5.47. The van der Waals surface area contributed by atoms with Gasteiger partial charge in [0.1, 0.15) is 24.2 Å². The highest BCUT2D eigenvalue weighted by molar-refractivity contribution is 8.01. The van der Waals surface area contributed by atoms with Gasteiger partial charge in [0, 0.05) is 31.0 Å². The van der Waals surface area contributed by atoms with Crippen LogP contribution in [0.15, 0.2) is 31.4 Å². The molecule has 38 heavy (non-hydrogen) atoms. The number of oxime groups is 1. The predicted molar refractivity (Wildman–Crippen MR) is 136 cm³/mol. The molecule has 16 nitrogen and oxygen atoms in total. The number of carboxylic acids is 1. The summed E-state index contributed by atoms with van der Waals surface area (Å²) in [5.41, 5.74) is 0.393. The first-order chi connectivity index (χ1) is 17.9. The molecule has 0 spiro atoms. The number of hydrogen-bond donors (Lipinski definition) is 2. The highest BCUT2D eigenvalue weighted by Gasteiger charge is 2.54. The Hall–Kier alpha value is -3.23.